The Morgan fingerprint density at radius 2 is 2.00 bits per heavy atom. The number of para-hydroxylation sites is 1. The highest BCUT2D eigenvalue weighted by Gasteiger charge is 2.23. The van der Waals surface area contributed by atoms with E-state index in [-0.39, 0.29) is 5.91 Å². The van der Waals surface area contributed by atoms with Crippen molar-refractivity contribution in [3.05, 3.63) is 65.2 Å². The summed E-state index contributed by atoms with van der Waals surface area (Å²) >= 11 is 1.62. The first-order valence-electron chi connectivity index (χ1n) is 9.42. The van der Waals surface area contributed by atoms with Crippen molar-refractivity contribution < 1.29 is 4.79 Å². The first kappa shape index (κ1) is 18.4. The maximum absolute atomic E-state index is 13.6. The van der Waals surface area contributed by atoms with E-state index in [2.05, 4.69) is 5.10 Å². The minimum atomic E-state index is -0.0299. The predicted octanol–water partition coefficient (Wildman–Crippen LogP) is 5.15. The number of anilines is 1. The average molecular weight is 391 g/mol. The second-order valence-corrected chi connectivity index (χ2v) is 7.51. The molecule has 0 fully saturated rings. The van der Waals surface area contributed by atoms with Crippen LogP contribution in [0.3, 0.4) is 0 Å². The van der Waals surface area contributed by atoms with E-state index >= 15 is 0 Å². The molecule has 0 saturated carbocycles. The van der Waals surface area contributed by atoms with Crippen LogP contribution in [0.25, 0.3) is 21.6 Å². The monoisotopic (exact) mass is 390 g/mol. The number of thiophene rings is 1. The predicted molar refractivity (Wildman–Crippen MR) is 115 cm³/mol. The lowest BCUT2D eigenvalue weighted by Crippen LogP contribution is -2.31. The second-order valence-electron chi connectivity index (χ2n) is 6.57. The SMILES string of the molecule is CCN(C(=O)c1cc(-c2cccs2)nc2c1cnn2CC)c1ccccc1C. The molecule has 0 spiro atoms. The summed E-state index contributed by atoms with van der Waals surface area (Å²) in [5.74, 6) is -0.0299. The molecular weight excluding hydrogens is 368 g/mol. The number of nitrogens with zero attached hydrogens (tertiary/aromatic N) is 4. The van der Waals surface area contributed by atoms with Crippen LogP contribution >= 0.6 is 11.3 Å². The van der Waals surface area contributed by atoms with E-state index < -0.39 is 0 Å². The van der Waals surface area contributed by atoms with Crippen LogP contribution in [0.5, 0.6) is 0 Å². The molecule has 0 saturated heterocycles. The molecule has 142 valence electrons. The molecule has 0 unspecified atom stereocenters. The minimum Gasteiger partial charge on any atom is -0.308 e. The highest BCUT2D eigenvalue weighted by Crippen LogP contribution is 2.30. The van der Waals surface area contributed by atoms with Gasteiger partial charge in [-0.1, -0.05) is 24.3 Å². The minimum absolute atomic E-state index is 0.0299. The zero-order chi connectivity index (χ0) is 19.7. The van der Waals surface area contributed by atoms with Crippen molar-refractivity contribution in [2.75, 3.05) is 11.4 Å². The first-order chi connectivity index (χ1) is 13.6. The van der Waals surface area contributed by atoms with Crippen molar-refractivity contribution in [3.8, 4) is 10.6 Å². The van der Waals surface area contributed by atoms with Crippen molar-refractivity contribution in [1.82, 2.24) is 14.8 Å². The maximum atomic E-state index is 13.6. The van der Waals surface area contributed by atoms with E-state index in [1.54, 1.807) is 17.5 Å². The summed E-state index contributed by atoms with van der Waals surface area (Å²) < 4.78 is 1.84. The molecule has 0 aliphatic heterocycles. The number of aromatic nitrogens is 3. The third-order valence-corrected chi connectivity index (χ3v) is 5.77. The zero-order valence-corrected chi connectivity index (χ0v) is 17.0. The van der Waals surface area contributed by atoms with Gasteiger partial charge in [0.2, 0.25) is 0 Å². The molecule has 0 bridgehead atoms. The van der Waals surface area contributed by atoms with Gasteiger partial charge in [-0.15, -0.1) is 11.3 Å². The molecule has 0 aliphatic rings. The number of pyridine rings is 1. The second kappa shape index (κ2) is 7.56. The summed E-state index contributed by atoms with van der Waals surface area (Å²) in [5.41, 5.74) is 4.20. The van der Waals surface area contributed by atoms with Gasteiger partial charge in [0.1, 0.15) is 0 Å². The largest absolute Gasteiger partial charge is 0.308 e. The van der Waals surface area contributed by atoms with Gasteiger partial charge >= 0.3 is 0 Å². The Kier molecular flexibility index (Phi) is 4.96. The molecule has 5 nitrogen and oxygen atoms in total. The molecule has 3 heterocycles. The smallest absolute Gasteiger partial charge is 0.259 e. The Labute approximate surface area is 168 Å². The van der Waals surface area contributed by atoms with Crippen LogP contribution < -0.4 is 4.90 Å². The van der Waals surface area contributed by atoms with Crippen LogP contribution in [-0.4, -0.2) is 27.2 Å². The van der Waals surface area contributed by atoms with E-state index in [4.69, 9.17) is 4.98 Å². The van der Waals surface area contributed by atoms with Gasteiger partial charge in [0.05, 0.1) is 27.7 Å². The van der Waals surface area contributed by atoms with Crippen molar-refractivity contribution in [2.45, 2.75) is 27.3 Å². The van der Waals surface area contributed by atoms with Crippen molar-refractivity contribution >= 4 is 34.0 Å². The number of hydrogen-bond donors (Lipinski definition) is 0. The number of carbonyl (C=O) groups excluding carboxylic acids is 1. The number of aryl methyl sites for hydroxylation is 2. The molecule has 28 heavy (non-hydrogen) atoms. The Morgan fingerprint density at radius 3 is 2.68 bits per heavy atom. The van der Waals surface area contributed by atoms with E-state index in [9.17, 15) is 4.79 Å². The number of amides is 1. The average Bonchev–Trinajstić information content (AvgIpc) is 3.38. The molecule has 3 aromatic heterocycles. The highest BCUT2D eigenvalue weighted by molar-refractivity contribution is 7.13. The fraction of sp³-hybridized carbons (Fsp3) is 0.227. The summed E-state index contributed by atoms with van der Waals surface area (Å²) in [4.78, 5) is 21.3. The molecule has 6 heteroatoms. The standard InChI is InChI=1S/C22H22N4OS/c1-4-25(19-10-7-6-9-15(19)3)22(27)16-13-18(20-11-8-12-28-20)24-21-17(16)14-23-26(21)5-2/h6-14H,4-5H2,1-3H3. The maximum Gasteiger partial charge on any atom is 0.259 e. The normalized spacial score (nSPS) is 11.1. The van der Waals surface area contributed by atoms with E-state index in [1.165, 1.54) is 0 Å². The number of rotatable bonds is 5. The molecular formula is C22H22N4OS. The summed E-state index contributed by atoms with van der Waals surface area (Å²) in [7, 11) is 0. The summed E-state index contributed by atoms with van der Waals surface area (Å²) in [5, 5.41) is 7.25. The third kappa shape index (κ3) is 3.10. The van der Waals surface area contributed by atoms with Gasteiger partial charge in [-0.05, 0) is 49.9 Å². The van der Waals surface area contributed by atoms with Gasteiger partial charge in [-0.2, -0.15) is 5.10 Å². The van der Waals surface area contributed by atoms with Gasteiger partial charge in [0, 0.05) is 18.8 Å². The summed E-state index contributed by atoms with van der Waals surface area (Å²) in [6, 6.07) is 13.9. The van der Waals surface area contributed by atoms with Gasteiger partial charge in [0.15, 0.2) is 5.65 Å². The van der Waals surface area contributed by atoms with Crippen LogP contribution in [0, 0.1) is 6.92 Å². The molecule has 1 aromatic carbocycles. The highest BCUT2D eigenvalue weighted by atomic mass is 32.1. The topological polar surface area (TPSA) is 51.0 Å². The molecule has 0 N–H and O–H groups in total. The zero-order valence-electron chi connectivity index (χ0n) is 16.2. The number of carbonyl (C=O) groups is 1. The van der Waals surface area contributed by atoms with Crippen molar-refractivity contribution in [2.24, 2.45) is 0 Å². The fourth-order valence-corrected chi connectivity index (χ4v) is 4.13. The Bertz CT molecular complexity index is 1130. The van der Waals surface area contributed by atoms with Gasteiger partial charge in [0.25, 0.3) is 5.91 Å². The quantitative estimate of drug-likeness (QED) is 0.473. The van der Waals surface area contributed by atoms with Gasteiger partial charge in [-0.3, -0.25) is 4.79 Å². The molecule has 0 radical (unpaired) electrons. The van der Waals surface area contributed by atoms with E-state index in [0.717, 1.165) is 32.9 Å². The lowest BCUT2D eigenvalue weighted by atomic mass is 10.1. The van der Waals surface area contributed by atoms with Crippen LogP contribution in [0.1, 0.15) is 29.8 Å². The fourth-order valence-electron chi connectivity index (χ4n) is 3.44. The third-order valence-electron chi connectivity index (χ3n) is 4.88. The van der Waals surface area contributed by atoms with E-state index in [1.807, 2.05) is 78.2 Å². The molecule has 0 aliphatic carbocycles. The number of hydrogen-bond acceptors (Lipinski definition) is 4. The molecule has 1 amide bonds. The Morgan fingerprint density at radius 1 is 1.18 bits per heavy atom. The van der Waals surface area contributed by atoms with Crippen LogP contribution in [0.15, 0.2) is 54.0 Å². The van der Waals surface area contributed by atoms with Crippen molar-refractivity contribution in [3.63, 3.8) is 0 Å². The van der Waals surface area contributed by atoms with Crippen LogP contribution in [-0.2, 0) is 6.54 Å². The molecule has 0 atom stereocenters. The van der Waals surface area contributed by atoms with Crippen molar-refractivity contribution in [1.29, 1.82) is 0 Å². The van der Waals surface area contributed by atoms with Crippen LogP contribution in [0.2, 0.25) is 0 Å². The Balaban J connectivity index is 1.90. The van der Waals surface area contributed by atoms with Gasteiger partial charge < -0.3 is 4.90 Å². The molecule has 4 aromatic rings. The first-order valence-corrected chi connectivity index (χ1v) is 10.3. The number of fused-ring (bicyclic) bond motifs is 1. The van der Waals surface area contributed by atoms with Gasteiger partial charge in [-0.25, -0.2) is 9.67 Å². The lowest BCUT2D eigenvalue weighted by molar-refractivity contribution is 0.0989. The molecule has 4 rings (SSSR count). The van der Waals surface area contributed by atoms with E-state index in [0.29, 0.717) is 18.7 Å². The summed E-state index contributed by atoms with van der Waals surface area (Å²) in [6.07, 6.45) is 1.75. The Hall–Kier alpha value is -2.99. The lowest BCUT2D eigenvalue weighted by Gasteiger charge is -2.23. The number of benzene rings is 1. The van der Waals surface area contributed by atoms with Crippen LogP contribution in [0.4, 0.5) is 5.69 Å². The summed E-state index contributed by atoms with van der Waals surface area (Å²) in [6.45, 7) is 7.34.